The monoisotopic (exact) mass is 535 g/mol. The van der Waals surface area contributed by atoms with E-state index < -0.39 is 12.8 Å². The second-order valence-electron chi connectivity index (χ2n) is 9.65. The van der Waals surface area contributed by atoms with Gasteiger partial charge < -0.3 is 24.6 Å². The third-order valence-electron chi connectivity index (χ3n) is 6.16. The van der Waals surface area contributed by atoms with Crippen molar-refractivity contribution in [3.05, 3.63) is 53.1 Å². The molecule has 0 saturated carbocycles. The van der Waals surface area contributed by atoms with E-state index in [2.05, 4.69) is 11.4 Å². The van der Waals surface area contributed by atoms with Crippen molar-refractivity contribution < 1.29 is 32.2 Å². The molecule has 2 amide bonds. The molecule has 1 atom stereocenters. The molecular weight excluding hydrogens is 499 g/mol. The van der Waals surface area contributed by atoms with Gasteiger partial charge in [0.15, 0.2) is 18.1 Å². The number of ether oxygens (including phenoxy) is 2. The van der Waals surface area contributed by atoms with Crippen LogP contribution < -0.4 is 19.7 Å². The fraction of sp³-hybridized carbons (Fsp3) is 0.500. The van der Waals surface area contributed by atoms with Crippen LogP contribution in [0.3, 0.4) is 0 Å². The number of rotatable bonds is 12. The van der Waals surface area contributed by atoms with Gasteiger partial charge in [-0.05, 0) is 55.5 Å². The van der Waals surface area contributed by atoms with Crippen molar-refractivity contribution in [1.82, 2.24) is 10.2 Å². The van der Waals surface area contributed by atoms with Gasteiger partial charge in [-0.15, -0.1) is 0 Å². The molecule has 3 rings (SSSR count). The molecular formula is C28H36F3N3O4. The first-order chi connectivity index (χ1) is 18.0. The molecule has 2 aromatic carbocycles. The molecule has 0 aromatic heterocycles. The molecule has 1 aliphatic heterocycles. The van der Waals surface area contributed by atoms with Crippen LogP contribution in [-0.2, 0) is 17.6 Å². The zero-order valence-corrected chi connectivity index (χ0v) is 22.4. The van der Waals surface area contributed by atoms with Gasteiger partial charge in [0.05, 0.1) is 11.3 Å². The molecule has 10 heteroatoms. The Labute approximate surface area is 221 Å². The van der Waals surface area contributed by atoms with Gasteiger partial charge >= 0.3 is 6.18 Å². The summed E-state index contributed by atoms with van der Waals surface area (Å²) in [6.07, 6.45) is -1.88. The Morgan fingerprint density at radius 3 is 2.45 bits per heavy atom. The number of anilines is 1. The SMILES string of the molecule is CCCC(=O)N1CCc2cc(CC(C)NCCOc3ccccc3OCC(F)(F)F)cc(C(=O)N(C)C)c21. The summed E-state index contributed by atoms with van der Waals surface area (Å²) in [7, 11) is 3.40. The first kappa shape index (κ1) is 29.3. The number of hydrogen-bond donors (Lipinski definition) is 1. The quantitative estimate of drug-likeness (QED) is 0.402. The number of nitrogens with one attached hydrogen (secondary N) is 1. The van der Waals surface area contributed by atoms with Crippen LogP contribution in [0.4, 0.5) is 18.9 Å². The molecule has 1 heterocycles. The van der Waals surface area contributed by atoms with E-state index in [1.54, 1.807) is 37.2 Å². The Morgan fingerprint density at radius 1 is 1.13 bits per heavy atom. The van der Waals surface area contributed by atoms with Gasteiger partial charge in [-0.25, -0.2) is 0 Å². The highest BCUT2D eigenvalue weighted by atomic mass is 19.4. The van der Waals surface area contributed by atoms with Crippen molar-refractivity contribution in [2.24, 2.45) is 0 Å². The van der Waals surface area contributed by atoms with Gasteiger partial charge in [0, 0.05) is 39.6 Å². The minimum absolute atomic E-state index is 0.0345. The molecule has 208 valence electrons. The summed E-state index contributed by atoms with van der Waals surface area (Å²) in [4.78, 5) is 29.0. The van der Waals surface area contributed by atoms with Crippen molar-refractivity contribution in [1.29, 1.82) is 0 Å². The van der Waals surface area contributed by atoms with Crippen LogP contribution in [0.15, 0.2) is 36.4 Å². The summed E-state index contributed by atoms with van der Waals surface area (Å²) in [5.74, 6) is 0.186. The summed E-state index contributed by atoms with van der Waals surface area (Å²) in [5.41, 5.74) is 3.26. The maximum absolute atomic E-state index is 13.0. The number of fused-ring (bicyclic) bond motifs is 1. The third-order valence-corrected chi connectivity index (χ3v) is 6.16. The van der Waals surface area contributed by atoms with Gasteiger partial charge in [0.2, 0.25) is 5.91 Å². The Hall–Kier alpha value is -3.27. The minimum atomic E-state index is -4.43. The zero-order valence-electron chi connectivity index (χ0n) is 22.4. The van der Waals surface area contributed by atoms with Crippen molar-refractivity contribution in [3.63, 3.8) is 0 Å². The van der Waals surface area contributed by atoms with E-state index in [9.17, 15) is 22.8 Å². The lowest BCUT2D eigenvalue weighted by atomic mass is 9.97. The van der Waals surface area contributed by atoms with E-state index in [-0.39, 0.29) is 36.0 Å². The normalized spacial score (nSPS) is 13.7. The second kappa shape index (κ2) is 13.0. The number of hydrogen-bond acceptors (Lipinski definition) is 5. The third kappa shape index (κ3) is 7.86. The van der Waals surface area contributed by atoms with Crippen LogP contribution in [-0.4, -0.2) is 69.3 Å². The van der Waals surface area contributed by atoms with E-state index in [1.807, 2.05) is 19.9 Å². The van der Waals surface area contributed by atoms with Gasteiger partial charge in [-0.1, -0.05) is 25.1 Å². The molecule has 7 nitrogen and oxygen atoms in total. The van der Waals surface area contributed by atoms with Crippen LogP contribution in [0.25, 0.3) is 0 Å². The zero-order chi connectivity index (χ0) is 27.9. The van der Waals surface area contributed by atoms with Gasteiger partial charge in [-0.2, -0.15) is 13.2 Å². The topological polar surface area (TPSA) is 71.1 Å². The highest BCUT2D eigenvalue weighted by molar-refractivity contribution is 6.06. The Kier molecular flexibility index (Phi) is 10.0. The number of benzene rings is 2. The summed E-state index contributed by atoms with van der Waals surface area (Å²) in [5, 5.41) is 3.35. The van der Waals surface area contributed by atoms with Crippen molar-refractivity contribution in [2.45, 2.75) is 51.7 Å². The molecule has 0 saturated heterocycles. The Balaban J connectivity index is 1.62. The lowest BCUT2D eigenvalue weighted by Gasteiger charge is -2.23. The average Bonchev–Trinajstić information content (AvgIpc) is 3.29. The van der Waals surface area contributed by atoms with Crippen LogP contribution >= 0.6 is 0 Å². The predicted molar refractivity (Wildman–Crippen MR) is 140 cm³/mol. The lowest BCUT2D eigenvalue weighted by Crippen LogP contribution is -2.33. The smallest absolute Gasteiger partial charge is 0.422 e. The molecule has 1 N–H and O–H groups in total. The molecule has 1 aliphatic rings. The fourth-order valence-electron chi connectivity index (χ4n) is 4.47. The molecule has 0 aliphatic carbocycles. The highest BCUT2D eigenvalue weighted by Gasteiger charge is 2.31. The van der Waals surface area contributed by atoms with Gasteiger partial charge in [0.1, 0.15) is 6.61 Å². The number of carbonyl (C=O) groups is 2. The van der Waals surface area contributed by atoms with E-state index in [0.717, 1.165) is 23.2 Å². The molecule has 0 bridgehead atoms. The van der Waals surface area contributed by atoms with E-state index in [1.165, 1.54) is 11.0 Å². The van der Waals surface area contributed by atoms with Crippen molar-refractivity contribution in [3.8, 4) is 11.5 Å². The number of para-hydroxylation sites is 2. The lowest BCUT2D eigenvalue weighted by molar-refractivity contribution is -0.153. The minimum Gasteiger partial charge on any atom is -0.488 e. The fourth-order valence-corrected chi connectivity index (χ4v) is 4.47. The van der Waals surface area contributed by atoms with Crippen LogP contribution in [0, 0.1) is 0 Å². The molecule has 2 aromatic rings. The van der Waals surface area contributed by atoms with Crippen LogP contribution in [0.1, 0.15) is 48.2 Å². The first-order valence-electron chi connectivity index (χ1n) is 12.8. The first-order valence-corrected chi connectivity index (χ1v) is 12.8. The molecule has 1 unspecified atom stereocenters. The van der Waals surface area contributed by atoms with Crippen molar-refractivity contribution in [2.75, 3.05) is 45.3 Å². The summed E-state index contributed by atoms with van der Waals surface area (Å²) < 4.78 is 48.0. The van der Waals surface area contributed by atoms with Gasteiger partial charge in [0.25, 0.3) is 5.91 Å². The maximum atomic E-state index is 13.0. The number of halogens is 3. The number of alkyl halides is 3. The summed E-state index contributed by atoms with van der Waals surface area (Å²) in [6.45, 7) is 3.86. The highest BCUT2D eigenvalue weighted by Crippen LogP contribution is 2.35. The largest absolute Gasteiger partial charge is 0.488 e. The van der Waals surface area contributed by atoms with E-state index in [4.69, 9.17) is 9.47 Å². The van der Waals surface area contributed by atoms with Crippen LogP contribution in [0.2, 0.25) is 0 Å². The maximum Gasteiger partial charge on any atom is 0.422 e. The average molecular weight is 536 g/mol. The van der Waals surface area contributed by atoms with E-state index in [0.29, 0.717) is 37.9 Å². The van der Waals surface area contributed by atoms with Crippen molar-refractivity contribution >= 4 is 17.5 Å². The summed E-state index contributed by atoms with van der Waals surface area (Å²) in [6, 6.07) is 10.2. The number of amides is 2. The van der Waals surface area contributed by atoms with Crippen LogP contribution in [0.5, 0.6) is 11.5 Å². The Morgan fingerprint density at radius 2 is 1.82 bits per heavy atom. The second-order valence-corrected chi connectivity index (χ2v) is 9.65. The molecule has 0 radical (unpaired) electrons. The number of nitrogens with zero attached hydrogens (tertiary/aromatic N) is 2. The standard InChI is InChI=1S/C28H36F3N3O4/c1-5-8-25(35)34-13-11-21-16-20(17-22(26(21)34)27(36)33(3)4)15-19(2)32-12-14-37-23-9-6-7-10-24(23)38-18-28(29,30)31/h6-7,9-10,16-17,19,32H,5,8,11-15,18H2,1-4H3. The van der Waals surface area contributed by atoms with Gasteiger partial charge in [-0.3, -0.25) is 9.59 Å². The molecule has 38 heavy (non-hydrogen) atoms. The molecule has 0 fully saturated rings. The Bertz CT molecular complexity index is 1120. The van der Waals surface area contributed by atoms with E-state index >= 15 is 0 Å². The predicted octanol–water partition coefficient (Wildman–Crippen LogP) is 4.62. The molecule has 0 spiro atoms. The number of carbonyl (C=O) groups excluding carboxylic acids is 2. The summed E-state index contributed by atoms with van der Waals surface area (Å²) >= 11 is 0.